The van der Waals surface area contributed by atoms with Crippen LogP contribution in [0.15, 0.2) is 85.6 Å². The summed E-state index contributed by atoms with van der Waals surface area (Å²) in [5, 5.41) is 24.4. The van der Waals surface area contributed by atoms with Crippen molar-refractivity contribution in [2.45, 2.75) is 25.2 Å². The minimum atomic E-state index is -1.75. The minimum Gasteiger partial charge on any atom is -0.381 e. The van der Waals surface area contributed by atoms with Crippen LogP contribution in [0.4, 0.5) is 14.5 Å². The molecule has 0 fully saturated rings. The number of hydrogen-bond acceptors (Lipinski definition) is 5. The molecule has 0 aliphatic rings. The highest BCUT2D eigenvalue weighted by Gasteiger charge is 2.34. The first-order valence-corrected chi connectivity index (χ1v) is 10.7. The Morgan fingerprint density at radius 3 is 2.53 bits per heavy atom. The van der Waals surface area contributed by atoms with Crippen LogP contribution in [0.3, 0.4) is 0 Å². The highest BCUT2D eigenvalue weighted by molar-refractivity contribution is 5.82. The fraction of sp³-hybridized carbons (Fsp3) is 0.160. The van der Waals surface area contributed by atoms with Gasteiger partial charge in [0, 0.05) is 35.4 Å². The van der Waals surface area contributed by atoms with Gasteiger partial charge in [-0.1, -0.05) is 36.4 Å². The molecule has 9 heteroatoms. The van der Waals surface area contributed by atoms with Gasteiger partial charge in [-0.15, -0.1) is 0 Å². The fourth-order valence-electron chi connectivity index (χ4n) is 4.01. The van der Waals surface area contributed by atoms with Gasteiger partial charge in [-0.3, -0.25) is 4.68 Å². The lowest BCUT2D eigenvalue weighted by molar-refractivity contribution is -0.00828. The zero-order valence-electron chi connectivity index (χ0n) is 18.1. The molecule has 3 aromatic carbocycles. The van der Waals surface area contributed by atoms with E-state index in [9.17, 15) is 13.9 Å². The van der Waals surface area contributed by atoms with E-state index in [-0.39, 0.29) is 18.7 Å². The van der Waals surface area contributed by atoms with Gasteiger partial charge < -0.3 is 10.4 Å². The molecule has 0 saturated heterocycles. The highest BCUT2D eigenvalue weighted by Crippen LogP contribution is 2.29. The Labute approximate surface area is 194 Å². The topological polar surface area (TPSA) is 80.8 Å². The van der Waals surface area contributed by atoms with E-state index < -0.39 is 17.2 Å². The molecule has 5 rings (SSSR count). The monoisotopic (exact) mass is 460 g/mol. The molecule has 7 nitrogen and oxygen atoms in total. The Hall–Kier alpha value is -4.11. The normalized spacial score (nSPS) is 13.1. The lowest BCUT2D eigenvalue weighted by Gasteiger charge is -2.28. The van der Waals surface area contributed by atoms with Crippen molar-refractivity contribution in [2.75, 3.05) is 5.32 Å². The van der Waals surface area contributed by atoms with Gasteiger partial charge in [0.25, 0.3) is 0 Å². The molecule has 1 atom stereocenters. The maximum absolute atomic E-state index is 14.7. The number of anilines is 1. The van der Waals surface area contributed by atoms with E-state index >= 15 is 0 Å². The molecule has 1 unspecified atom stereocenters. The molecule has 172 valence electrons. The highest BCUT2D eigenvalue weighted by atomic mass is 19.1. The Bertz CT molecular complexity index is 1400. The number of halogens is 2. The van der Waals surface area contributed by atoms with E-state index in [2.05, 4.69) is 20.5 Å². The Balaban J connectivity index is 1.42. The van der Waals surface area contributed by atoms with Crippen LogP contribution in [0.2, 0.25) is 0 Å². The van der Waals surface area contributed by atoms with Crippen LogP contribution in [-0.4, -0.2) is 29.7 Å². The van der Waals surface area contributed by atoms with Gasteiger partial charge in [-0.2, -0.15) is 10.2 Å². The van der Waals surface area contributed by atoms with Gasteiger partial charge in [0.2, 0.25) is 0 Å². The average Bonchev–Trinajstić information content (AvgIpc) is 3.46. The van der Waals surface area contributed by atoms with Gasteiger partial charge >= 0.3 is 0 Å². The first-order chi connectivity index (χ1) is 16.5. The third-order valence-corrected chi connectivity index (χ3v) is 5.64. The van der Waals surface area contributed by atoms with E-state index in [0.29, 0.717) is 6.54 Å². The summed E-state index contributed by atoms with van der Waals surface area (Å²) in [5.41, 5.74) is 1.03. The second kappa shape index (κ2) is 9.03. The number of nitrogens with one attached hydrogen (secondary N) is 1. The molecule has 0 saturated carbocycles. The van der Waals surface area contributed by atoms with Crippen molar-refractivity contribution in [1.82, 2.24) is 24.5 Å². The smallest absolute Gasteiger partial charge is 0.137 e. The van der Waals surface area contributed by atoms with E-state index in [0.717, 1.165) is 34.3 Å². The van der Waals surface area contributed by atoms with Crippen LogP contribution in [-0.2, 0) is 25.2 Å². The largest absolute Gasteiger partial charge is 0.381 e. The number of nitrogens with zero attached hydrogens (tertiary/aromatic N) is 5. The summed E-state index contributed by atoms with van der Waals surface area (Å²) in [4.78, 5) is 3.88. The van der Waals surface area contributed by atoms with Crippen LogP contribution in [0.1, 0.15) is 11.1 Å². The summed E-state index contributed by atoms with van der Waals surface area (Å²) in [6, 6.07) is 19.0. The molecule has 0 amide bonds. The zero-order valence-corrected chi connectivity index (χ0v) is 18.1. The minimum absolute atomic E-state index is 0.0471. The lowest BCUT2D eigenvalue weighted by Crippen LogP contribution is -2.37. The van der Waals surface area contributed by atoms with Crippen molar-refractivity contribution in [3.63, 3.8) is 0 Å². The molecule has 0 radical (unpaired) electrons. The van der Waals surface area contributed by atoms with E-state index in [1.54, 1.807) is 10.9 Å². The Morgan fingerprint density at radius 1 is 0.941 bits per heavy atom. The quantitative estimate of drug-likeness (QED) is 0.364. The first-order valence-electron chi connectivity index (χ1n) is 10.7. The number of rotatable bonds is 8. The van der Waals surface area contributed by atoms with Crippen LogP contribution in [0.5, 0.6) is 0 Å². The molecule has 2 N–H and O–H groups in total. The zero-order chi connectivity index (χ0) is 23.5. The summed E-state index contributed by atoms with van der Waals surface area (Å²) in [7, 11) is 0. The summed E-state index contributed by atoms with van der Waals surface area (Å²) in [5.74, 6) is -1.56. The molecule has 5 aromatic rings. The predicted molar refractivity (Wildman–Crippen MR) is 124 cm³/mol. The summed E-state index contributed by atoms with van der Waals surface area (Å²) in [6.07, 6.45) is 4.54. The van der Waals surface area contributed by atoms with Crippen LogP contribution in [0, 0.1) is 11.6 Å². The van der Waals surface area contributed by atoms with Gasteiger partial charge in [-0.05, 0) is 29.8 Å². The summed E-state index contributed by atoms with van der Waals surface area (Å²) >= 11 is 0. The predicted octanol–water partition coefficient (Wildman–Crippen LogP) is 4.11. The van der Waals surface area contributed by atoms with Crippen LogP contribution < -0.4 is 5.32 Å². The van der Waals surface area contributed by atoms with Gasteiger partial charge in [0.1, 0.15) is 29.9 Å². The molecule has 34 heavy (non-hydrogen) atoms. The number of aromatic nitrogens is 5. The number of benzene rings is 3. The molecule has 0 aliphatic carbocycles. The van der Waals surface area contributed by atoms with Crippen molar-refractivity contribution < 1.29 is 13.9 Å². The Kier molecular flexibility index (Phi) is 5.77. The number of hydrogen-bond donors (Lipinski definition) is 2. The molecule has 0 spiro atoms. The maximum atomic E-state index is 14.7. The second-order valence-corrected chi connectivity index (χ2v) is 8.19. The van der Waals surface area contributed by atoms with Crippen molar-refractivity contribution in [1.29, 1.82) is 0 Å². The number of aliphatic hydroxyl groups is 1. The van der Waals surface area contributed by atoms with Crippen molar-refractivity contribution >= 4 is 16.6 Å². The van der Waals surface area contributed by atoms with E-state index in [4.69, 9.17) is 0 Å². The Morgan fingerprint density at radius 2 is 1.76 bits per heavy atom. The van der Waals surface area contributed by atoms with Crippen LogP contribution in [0.25, 0.3) is 10.9 Å². The first kappa shape index (κ1) is 21.7. The molecule has 0 aliphatic heterocycles. The third kappa shape index (κ3) is 4.65. The molecule has 0 bridgehead atoms. The molecule has 2 heterocycles. The standard InChI is InChI=1S/C25H22F2N6O/c26-20-6-8-22(23(27)11-20)25(34,15-33-17-28-16-30-33)14-32-13-19-10-21(7-9-24(19)31-32)29-12-18-4-2-1-3-5-18/h1-11,13,16-17,29,34H,12,14-15H2. The van der Waals surface area contributed by atoms with Gasteiger partial charge in [0.15, 0.2) is 0 Å². The van der Waals surface area contributed by atoms with Gasteiger partial charge in [0.05, 0.1) is 18.6 Å². The van der Waals surface area contributed by atoms with E-state index in [1.165, 1.54) is 23.4 Å². The number of fused-ring (bicyclic) bond motifs is 1. The lowest BCUT2D eigenvalue weighted by atomic mass is 9.93. The summed E-state index contributed by atoms with van der Waals surface area (Å²) < 4.78 is 31.2. The fourth-order valence-corrected chi connectivity index (χ4v) is 4.01. The molecular formula is C25H22F2N6O. The molecule has 2 aromatic heterocycles. The van der Waals surface area contributed by atoms with Crippen LogP contribution >= 0.6 is 0 Å². The van der Waals surface area contributed by atoms with Crippen molar-refractivity contribution in [3.05, 3.63) is 108 Å². The molecular weight excluding hydrogens is 438 g/mol. The van der Waals surface area contributed by atoms with Gasteiger partial charge in [-0.25, -0.2) is 18.4 Å². The summed E-state index contributed by atoms with van der Waals surface area (Å²) in [6.45, 7) is 0.522. The second-order valence-electron chi connectivity index (χ2n) is 8.19. The van der Waals surface area contributed by atoms with Crippen molar-refractivity contribution in [2.24, 2.45) is 0 Å². The van der Waals surface area contributed by atoms with E-state index in [1.807, 2.05) is 48.5 Å². The third-order valence-electron chi connectivity index (χ3n) is 5.64. The average molecular weight is 460 g/mol. The SMILES string of the molecule is OC(Cn1cncn1)(Cn1cc2cc(NCc3ccccc3)ccc2n1)c1ccc(F)cc1F. The van der Waals surface area contributed by atoms with Crippen molar-refractivity contribution in [3.8, 4) is 0 Å². The maximum Gasteiger partial charge on any atom is 0.137 e.